The second-order valence-electron chi connectivity index (χ2n) is 4.83. The van der Waals surface area contributed by atoms with Gasteiger partial charge in [-0.15, -0.1) is 0 Å². The van der Waals surface area contributed by atoms with E-state index in [4.69, 9.17) is 0 Å². The molecule has 100 valence electrons. The first-order chi connectivity index (χ1) is 8.55. The third-order valence-electron chi connectivity index (χ3n) is 3.51. The first-order valence-electron chi connectivity index (χ1n) is 6.24. The van der Waals surface area contributed by atoms with E-state index in [0.717, 1.165) is 5.56 Å². The second-order valence-corrected chi connectivity index (χ2v) is 4.83. The van der Waals surface area contributed by atoms with E-state index in [1.807, 2.05) is 12.1 Å². The van der Waals surface area contributed by atoms with Crippen molar-refractivity contribution < 1.29 is 13.2 Å². The predicted octanol–water partition coefficient (Wildman–Crippen LogP) is 3.29. The lowest BCUT2D eigenvalue weighted by atomic mass is 9.85. The third-order valence-corrected chi connectivity index (χ3v) is 3.51. The third kappa shape index (κ3) is 3.70. The molecule has 0 spiro atoms. The van der Waals surface area contributed by atoms with Crippen LogP contribution in [-0.2, 0) is 6.54 Å². The molecule has 0 bridgehead atoms. The lowest BCUT2D eigenvalue weighted by Gasteiger charge is -2.30. The molecule has 0 unspecified atom stereocenters. The van der Waals surface area contributed by atoms with Crippen LogP contribution < -0.4 is 5.32 Å². The van der Waals surface area contributed by atoms with Crippen molar-refractivity contribution in [2.24, 2.45) is 5.92 Å². The molecule has 2 nitrogen and oxygen atoms in total. The van der Waals surface area contributed by atoms with Gasteiger partial charge < -0.3 is 5.32 Å². The molecule has 1 aliphatic rings. The van der Waals surface area contributed by atoms with E-state index in [9.17, 15) is 13.2 Å². The number of nitrogens with zero attached hydrogens (tertiary/aromatic N) is 1. The minimum atomic E-state index is -4.02. The van der Waals surface area contributed by atoms with Gasteiger partial charge in [-0.25, -0.2) is 0 Å². The van der Waals surface area contributed by atoms with Crippen LogP contribution in [-0.4, -0.2) is 17.2 Å². The number of nitrogens with one attached hydrogen (secondary N) is 1. The molecule has 5 heteroatoms. The molecule has 0 atom stereocenters. The Kier molecular flexibility index (Phi) is 4.22. The Bertz CT molecular complexity index is 356. The number of rotatable bonds is 3. The highest BCUT2D eigenvalue weighted by Crippen LogP contribution is 2.37. The first kappa shape index (κ1) is 13.3. The van der Waals surface area contributed by atoms with E-state index in [1.165, 1.54) is 0 Å². The highest BCUT2D eigenvalue weighted by Gasteiger charge is 2.41. The van der Waals surface area contributed by atoms with Crippen molar-refractivity contribution in [2.45, 2.75) is 44.4 Å². The minimum absolute atomic E-state index is 0.198. The Morgan fingerprint density at radius 3 is 2.50 bits per heavy atom. The zero-order chi connectivity index (χ0) is 13.0. The van der Waals surface area contributed by atoms with Crippen LogP contribution in [0.3, 0.4) is 0 Å². The number of aromatic nitrogens is 1. The molecule has 0 amide bonds. The summed E-state index contributed by atoms with van der Waals surface area (Å²) < 4.78 is 37.5. The smallest absolute Gasteiger partial charge is 0.310 e. The summed E-state index contributed by atoms with van der Waals surface area (Å²) >= 11 is 0. The molecule has 1 saturated carbocycles. The summed E-state index contributed by atoms with van der Waals surface area (Å²) in [6, 6.07) is 4.02. The number of hydrogen-bond donors (Lipinski definition) is 1. The maximum absolute atomic E-state index is 12.5. The molecule has 1 aromatic rings. The quantitative estimate of drug-likeness (QED) is 0.899. The van der Waals surface area contributed by atoms with Crippen LogP contribution in [0, 0.1) is 5.92 Å². The van der Waals surface area contributed by atoms with Gasteiger partial charge in [0.1, 0.15) is 0 Å². The molecular formula is C13H17F3N2. The summed E-state index contributed by atoms with van der Waals surface area (Å²) in [4.78, 5) is 4.00. The molecule has 0 radical (unpaired) electrons. The fourth-order valence-electron chi connectivity index (χ4n) is 2.39. The first-order valence-corrected chi connectivity index (χ1v) is 6.24. The van der Waals surface area contributed by atoms with Gasteiger partial charge >= 0.3 is 6.18 Å². The van der Waals surface area contributed by atoms with Crippen molar-refractivity contribution in [3.8, 4) is 0 Å². The van der Waals surface area contributed by atoms with Crippen LogP contribution in [0.25, 0.3) is 0 Å². The van der Waals surface area contributed by atoms with E-state index in [2.05, 4.69) is 10.3 Å². The zero-order valence-corrected chi connectivity index (χ0v) is 10.1. The molecule has 2 rings (SSSR count). The number of hydrogen-bond acceptors (Lipinski definition) is 2. The molecule has 1 fully saturated rings. The highest BCUT2D eigenvalue weighted by atomic mass is 19.4. The van der Waals surface area contributed by atoms with Gasteiger partial charge in [-0.3, -0.25) is 4.98 Å². The molecule has 1 N–H and O–H groups in total. The van der Waals surface area contributed by atoms with E-state index < -0.39 is 12.1 Å². The van der Waals surface area contributed by atoms with Crippen LogP contribution >= 0.6 is 0 Å². The number of halogens is 3. The topological polar surface area (TPSA) is 24.9 Å². The Hall–Kier alpha value is -1.10. The summed E-state index contributed by atoms with van der Waals surface area (Å²) in [5, 5.41) is 3.30. The normalized spacial score (nSPS) is 25.1. The summed E-state index contributed by atoms with van der Waals surface area (Å²) in [7, 11) is 0. The summed E-state index contributed by atoms with van der Waals surface area (Å²) in [6.45, 7) is 0.676. The van der Waals surface area contributed by atoms with Crippen LogP contribution in [0.2, 0.25) is 0 Å². The van der Waals surface area contributed by atoms with Crippen LogP contribution in [0.5, 0.6) is 0 Å². The Balaban J connectivity index is 1.74. The van der Waals surface area contributed by atoms with E-state index in [0.29, 0.717) is 19.4 Å². The molecule has 0 aliphatic heterocycles. The van der Waals surface area contributed by atoms with Crippen molar-refractivity contribution >= 4 is 0 Å². The second kappa shape index (κ2) is 5.69. The SMILES string of the molecule is FC(F)(F)C1CCC(NCc2cccnc2)CC1. The van der Waals surface area contributed by atoms with E-state index >= 15 is 0 Å². The van der Waals surface area contributed by atoms with Gasteiger partial charge in [0.05, 0.1) is 5.92 Å². The van der Waals surface area contributed by atoms with Gasteiger partial charge in [-0.05, 0) is 37.3 Å². The maximum Gasteiger partial charge on any atom is 0.391 e. The van der Waals surface area contributed by atoms with Gasteiger partial charge in [0.25, 0.3) is 0 Å². The van der Waals surface area contributed by atoms with Crippen molar-refractivity contribution in [1.29, 1.82) is 0 Å². The van der Waals surface area contributed by atoms with Crippen molar-refractivity contribution in [2.75, 3.05) is 0 Å². The monoisotopic (exact) mass is 258 g/mol. The number of alkyl halides is 3. The van der Waals surface area contributed by atoms with E-state index in [-0.39, 0.29) is 18.9 Å². The molecule has 18 heavy (non-hydrogen) atoms. The van der Waals surface area contributed by atoms with Crippen LogP contribution in [0.15, 0.2) is 24.5 Å². The lowest BCUT2D eigenvalue weighted by molar-refractivity contribution is -0.182. The molecule has 1 aliphatic carbocycles. The Morgan fingerprint density at radius 1 is 1.22 bits per heavy atom. The van der Waals surface area contributed by atoms with E-state index in [1.54, 1.807) is 12.4 Å². The van der Waals surface area contributed by atoms with Gasteiger partial charge in [0.15, 0.2) is 0 Å². The molecular weight excluding hydrogens is 241 g/mol. The minimum Gasteiger partial charge on any atom is -0.310 e. The Labute approximate surface area is 105 Å². The maximum atomic E-state index is 12.5. The van der Waals surface area contributed by atoms with Crippen LogP contribution in [0.4, 0.5) is 13.2 Å². The van der Waals surface area contributed by atoms with Crippen molar-refractivity contribution in [3.05, 3.63) is 30.1 Å². The molecule has 1 aromatic heterocycles. The molecule has 1 heterocycles. The number of pyridine rings is 1. The fourth-order valence-corrected chi connectivity index (χ4v) is 2.39. The molecule has 0 saturated heterocycles. The predicted molar refractivity (Wildman–Crippen MR) is 62.9 cm³/mol. The van der Waals surface area contributed by atoms with Gasteiger partial charge in [0.2, 0.25) is 0 Å². The van der Waals surface area contributed by atoms with Gasteiger partial charge in [-0.2, -0.15) is 13.2 Å². The van der Waals surface area contributed by atoms with Crippen LogP contribution in [0.1, 0.15) is 31.2 Å². The Morgan fingerprint density at radius 2 is 1.94 bits per heavy atom. The van der Waals surface area contributed by atoms with Crippen molar-refractivity contribution in [1.82, 2.24) is 10.3 Å². The van der Waals surface area contributed by atoms with Crippen molar-refractivity contribution in [3.63, 3.8) is 0 Å². The van der Waals surface area contributed by atoms with Gasteiger partial charge in [-0.1, -0.05) is 6.07 Å². The highest BCUT2D eigenvalue weighted by molar-refractivity contribution is 5.08. The zero-order valence-electron chi connectivity index (χ0n) is 10.1. The standard InChI is InChI=1S/C13H17F3N2/c14-13(15,16)11-3-5-12(6-4-11)18-9-10-2-1-7-17-8-10/h1-2,7-8,11-12,18H,3-6,9H2. The fraction of sp³-hybridized carbons (Fsp3) is 0.615. The largest absolute Gasteiger partial charge is 0.391 e. The average molecular weight is 258 g/mol. The average Bonchev–Trinajstić information content (AvgIpc) is 2.37. The van der Waals surface area contributed by atoms with Gasteiger partial charge in [0, 0.05) is 25.0 Å². The lowest BCUT2D eigenvalue weighted by Crippen LogP contribution is -2.36. The summed E-state index contributed by atoms with van der Waals surface area (Å²) in [5.74, 6) is -1.10. The summed E-state index contributed by atoms with van der Waals surface area (Å²) in [6.07, 6.45) is 1.15. The summed E-state index contributed by atoms with van der Waals surface area (Å²) in [5.41, 5.74) is 1.07. The molecule has 0 aromatic carbocycles.